The van der Waals surface area contributed by atoms with Crippen LogP contribution in [-0.4, -0.2) is 22.4 Å². The predicted molar refractivity (Wildman–Crippen MR) is 83.0 cm³/mol. The summed E-state index contributed by atoms with van der Waals surface area (Å²) < 4.78 is 0. The number of nitrogens with two attached hydrogens (primary N) is 1. The number of hydrogen-bond donors (Lipinski definition) is 3. The average Bonchev–Trinajstić information content (AvgIpc) is 2.99. The summed E-state index contributed by atoms with van der Waals surface area (Å²) >= 11 is 0. The number of benzene rings is 2. The lowest BCUT2D eigenvalue weighted by atomic mass is 10.0. The molecule has 0 saturated carbocycles. The predicted octanol–water partition coefficient (Wildman–Crippen LogP) is 2.12. The number of nitrogens with zero attached hydrogens (tertiary/aromatic N) is 1. The first-order chi connectivity index (χ1) is 10.2. The van der Waals surface area contributed by atoms with E-state index in [1.165, 1.54) is 0 Å². The molecule has 5 nitrogen and oxygen atoms in total. The standard InChI is InChI=1S/C16H16N4O/c17-14-10-12-4-2-1-3-11(12)9-13(14)16(21)20-6-5-15-18-7-8-19-15/h1-4,7-10H,5-6,17H2,(H,18,19)(H,20,21). The Kier molecular flexibility index (Phi) is 3.55. The van der Waals surface area contributed by atoms with Crippen molar-refractivity contribution in [3.8, 4) is 0 Å². The average molecular weight is 280 g/mol. The second-order valence-electron chi connectivity index (χ2n) is 4.83. The maximum atomic E-state index is 12.2. The Bertz CT molecular complexity index is 765. The van der Waals surface area contributed by atoms with Crippen molar-refractivity contribution in [2.45, 2.75) is 6.42 Å². The van der Waals surface area contributed by atoms with Crippen LogP contribution in [-0.2, 0) is 6.42 Å². The third-order valence-electron chi connectivity index (χ3n) is 3.36. The molecule has 2 aromatic carbocycles. The van der Waals surface area contributed by atoms with E-state index in [1.807, 2.05) is 36.4 Å². The molecule has 3 rings (SSSR count). The number of H-pyrrole nitrogens is 1. The number of nitrogen functional groups attached to an aromatic ring is 1. The molecule has 0 atom stereocenters. The lowest BCUT2D eigenvalue weighted by molar-refractivity contribution is 0.0955. The molecule has 4 N–H and O–H groups in total. The highest BCUT2D eigenvalue weighted by Gasteiger charge is 2.10. The number of anilines is 1. The molecule has 1 aromatic heterocycles. The molecule has 0 aliphatic carbocycles. The normalized spacial score (nSPS) is 10.7. The molecule has 106 valence electrons. The maximum absolute atomic E-state index is 12.2. The van der Waals surface area contributed by atoms with Crippen LogP contribution in [0.5, 0.6) is 0 Å². The van der Waals surface area contributed by atoms with Gasteiger partial charge in [0, 0.05) is 31.0 Å². The van der Waals surface area contributed by atoms with E-state index in [4.69, 9.17) is 5.73 Å². The van der Waals surface area contributed by atoms with Gasteiger partial charge in [-0.25, -0.2) is 4.98 Å². The van der Waals surface area contributed by atoms with E-state index in [-0.39, 0.29) is 5.91 Å². The lowest BCUT2D eigenvalue weighted by Gasteiger charge is -2.08. The zero-order valence-electron chi connectivity index (χ0n) is 11.5. The van der Waals surface area contributed by atoms with Gasteiger partial charge < -0.3 is 16.0 Å². The van der Waals surface area contributed by atoms with Crippen molar-refractivity contribution in [2.75, 3.05) is 12.3 Å². The van der Waals surface area contributed by atoms with Crippen molar-refractivity contribution in [1.29, 1.82) is 0 Å². The fourth-order valence-corrected chi connectivity index (χ4v) is 2.28. The van der Waals surface area contributed by atoms with Crippen molar-refractivity contribution in [3.63, 3.8) is 0 Å². The molecule has 0 aliphatic rings. The van der Waals surface area contributed by atoms with Gasteiger partial charge in [0.2, 0.25) is 0 Å². The van der Waals surface area contributed by atoms with Crippen LogP contribution >= 0.6 is 0 Å². The Balaban J connectivity index is 1.73. The van der Waals surface area contributed by atoms with Crippen LogP contribution in [0.15, 0.2) is 48.8 Å². The Hall–Kier alpha value is -2.82. The quantitative estimate of drug-likeness (QED) is 0.640. The molecule has 21 heavy (non-hydrogen) atoms. The minimum atomic E-state index is -0.162. The van der Waals surface area contributed by atoms with Crippen molar-refractivity contribution in [3.05, 3.63) is 60.2 Å². The van der Waals surface area contributed by atoms with Crippen LogP contribution in [0.25, 0.3) is 10.8 Å². The number of hydrogen-bond acceptors (Lipinski definition) is 3. The summed E-state index contributed by atoms with van der Waals surface area (Å²) in [6.45, 7) is 0.513. The molecule has 0 bridgehead atoms. The van der Waals surface area contributed by atoms with Gasteiger partial charge in [-0.15, -0.1) is 0 Å². The SMILES string of the molecule is Nc1cc2ccccc2cc1C(=O)NCCc1ncc[nH]1. The number of imidazole rings is 1. The second kappa shape index (κ2) is 5.66. The molecular formula is C16H16N4O. The van der Waals surface area contributed by atoms with E-state index in [1.54, 1.807) is 12.4 Å². The fraction of sp³-hybridized carbons (Fsp3) is 0.125. The van der Waals surface area contributed by atoms with Crippen LogP contribution < -0.4 is 11.1 Å². The number of fused-ring (bicyclic) bond motifs is 1. The van der Waals surface area contributed by atoms with Gasteiger partial charge in [0.05, 0.1) is 5.56 Å². The van der Waals surface area contributed by atoms with E-state index >= 15 is 0 Å². The molecule has 3 aromatic rings. The van der Waals surface area contributed by atoms with Crippen LogP contribution in [0.1, 0.15) is 16.2 Å². The molecule has 5 heteroatoms. The molecule has 0 fully saturated rings. The highest BCUT2D eigenvalue weighted by molar-refractivity contribution is 6.03. The molecule has 0 saturated heterocycles. The zero-order valence-corrected chi connectivity index (χ0v) is 11.5. The van der Waals surface area contributed by atoms with Gasteiger partial charge in [0.15, 0.2) is 0 Å². The topological polar surface area (TPSA) is 83.8 Å². The first-order valence-corrected chi connectivity index (χ1v) is 6.79. The third kappa shape index (κ3) is 2.86. The summed E-state index contributed by atoms with van der Waals surface area (Å²) in [5.41, 5.74) is 6.97. The van der Waals surface area contributed by atoms with Crippen LogP contribution in [0.3, 0.4) is 0 Å². The van der Waals surface area contributed by atoms with Gasteiger partial charge in [0.1, 0.15) is 5.82 Å². The van der Waals surface area contributed by atoms with Crippen LogP contribution in [0.2, 0.25) is 0 Å². The first-order valence-electron chi connectivity index (χ1n) is 6.79. The Labute approximate surface area is 122 Å². The smallest absolute Gasteiger partial charge is 0.253 e. The number of carbonyl (C=O) groups excluding carboxylic acids is 1. The van der Waals surface area contributed by atoms with Crippen LogP contribution in [0.4, 0.5) is 5.69 Å². The zero-order chi connectivity index (χ0) is 14.7. The summed E-state index contributed by atoms with van der Waals surface area (Å²) in [6, 6.07) is 11.5. The second-order valence-corrected chi connectivity index (χ2v) is 4.83. The molecule has 0 radical (unpaired) electrons. The molecule has 0 spiro atoms. The maximum Gasteiger partial charge on any atom is 0.253 e. The summed E-state index contributed by atoms with van der Waals surface area (Å²) in [4.78, 5) is 19.3. The highest BCUT2D eigenvalue weighted by atomic mass is 16.1. The van der Waals surface area contributed by atoms with Gasteiger partial charge in [-0.3, -0.25) is 4.79 Å². The Morgan fingerprint density at radius 2 is 2.00 bits per heavy atom. The molecule has 0 unspecified atom stereocenters. The van der Waals surface area contributed by atoms with Gasteiger partial charge >= 0.3 is 0 Å². The largest absolute Gasteiger partial charge is 0.398 e. The molecule has 0 aliphatic heterocycles. The van der Waals surface area contributed by atoms with Crippen molar-refractivity contribution >= 4 is 22.4 Å². The number of aromatic nitrogens is 2. The monoisotopic (exact) mass is 280 g/mol. The number of aromatic amines is 1. The minimum Gasteiger partial charge on any atom is -0.398 e. The number of carbonyl (C=O) groups is 1. The number of nitrogens with one attached hydrogen (secondary N) is 2. The lowest BCUT2D eigenvalue weighted by Crippen LogP contribution is -2.26. The summed E-state index contributed by atoms with van der Waals surface area (Å²) in [6.07, 6.45) is 4.11. The van der Waals surface area contributed by atoms with Crippen molar-refractivity contribution in [2.24, 2.45) is 0 Å². The highest BCUT2D eigenvalue weighted by Crippen LogP contribution is 2.21. The summed E-state index contributed by atoms with van der Waals surface area (Å²) in [5, 5.41) is 4.90. The Morgan fingerprint density at radius 3 is 2.71 bits per heavy atom. The molecule has 1 amide bonds. The molecule has 1 heterocycles. The number of rotatable bonds is 4. The summed E-state index contributed by atoms with van der Waals surface area (Å²) in [5.74, 6) is 0.687. The summed E-state index contributed by atoms with van der Waals surface area (Å²) in [7, 11) is 0. The van der Waals surface area contributed by atoms with Gasteiger partial charge in [-0.2, -0.15) is 0 Å². The Morgan fingerprint density at radius 1 is 1.24 bits per heavy atom. The van der Waals surface area contributed by atoms with Gasteiger partial charge in [0.25, 0.3) is 5.91 Å². The van der Waals surface area contributed by atoms with E-state index in [0.717, 1.165) is 16.6 Å². The van der Waals surface area contributed by atoms with Crippen molar-refractivity contribution < 1.29 is 4.79 Å². The van der Waals surface area contributed by atoms with E-state index < -0.39 is 0 Å². The van der Waals surface area contributed by atoms with E-state index in [2.05, 4.69) is 15.3 Å². The minimum absolute atomic E-state index is 0.162. The van der Waals surface area contributed by atoms with Gasteiger partial charge in [-0.1, -0.05) is 24.3 Å². The molecular weight excluding hydrogens is 264 g/mol. The van der Waals surface area contributed by atoms with E-state index in [0.29, 0.717) is 24.2 Å². The third-order valence-corrected chi connectivity index (χ3v) is 3.36. The van der Waals surface area contributed by atoms with Crippen molar-refractivity contribution in [1.82, 2.24) is 15.3 Å². The fourth-order valence-electron chi connectivity index (χ4n) is 2.28. The van der Waals surface area contributed by atoms with E-state index in [9.17, 15) is 4.79 Å². The number of amides is 1. The first kappa shape index (κ1) is 13.2. The van der Waals surface area contributed by atoms with Crippen LogP contribution in [0, 0.1) is 0 Å². The van der Waals surface area contributed by atoms with Gasteiger partial charge in [-0.05, 0) is 22.9 Å².